The van der Waals surface area contributed by atoms with Gasteiger partial charge in [-0.25, -0.2) is 0 Å². The number of unbranched alkanes of at least 4 members (excludes halogenated alkanes) is 9. The van der Waals surface area contributed by atoms with Gasteiger partial charge in [0.25, 0.3) is 0 Å². The van der Waals surface area contributed by atoms with Gasteiger partial charge in [-0.15, -0.1) is 0 Å². The van der Waals surface area contributed by atoms with E-state index in [2.05, 4.69) is 85.8 Å². The first-order chi connectivity index (χ1) is 16.8. The fraction of sp³-hybridized carbons (Fsp3) is 0.353. The van der Waals surface area contributed by atoms with E-state index in [-0.39, 0.29) is 0 Å². The summed E-state index contributed by atoms with van der Waals surface area (Å²) < 4.78 is 0. The zero-order chi connectivity index (χ0) is 23.2. The largest absolute Gasteiger partial charge is 0.0654 e. The third-order valence-electron chi connectivity index (χ3n) is 7.62. The minimum Gasteiger partial charge on any atom is -0.0654 e. The first-order valence-corrected chi connectivity index (χ1v) is 13.6. The summed E-state index contributed by atoms with van der Waals surface area (Å²) in [7, 11) is 0. The van der Waals surface area contributed by atoms with Gasteiger partial charge in [0, 0.05) is 0 Å². The second kappa shape index (κ2) is 11.0. The molecular formula is C34H38. The Kier molecular flexibility index (Phi) is 7.44. The van der Waals surface area contributed by atoms with Crippen molar-refractivity contribution in [3.8, 4) is 0 Å². The lowest BCUT2D eigenvalue weighted by atomic mass is 9.93. The maximum Gasteiger partial charge on any atom is -0.00987 e. The second-order valence-electron chi connectivity index (χ2n) is 10.1. The SMILES string of the molecule is CCCCCCCCCCCCc1ccc2ccc3c(ccc4c5ccccc5ccc43)c2c1. The van der Waals surface area contributed by atoms with Crippen molar-refractivity contribution in [1.82, 2.24) is 0 Å². The van der Waals surface area contributed by atoms with E-state index < -0.39 is 0 Å². The number of hydrogen-bond acceptors (Lipinski definition) is 0. The Labute approximate surface area is 205 Å². The molecule has 0 atom stereocenters. The Balaban J connectivity index is 1.29. The summed E-state index contributed by atoms with van der Waals surface area (Å²) in [6.07, 6.45) is 15.1. The van der Waals surface area contributed by atoms with Gasteiger partial charge in [0.2, 0.25) is 0 Å². The van der Waals surface area contributed by atoms with E-state index in [1.54, 1.807) is 0 Å². The molecule has 0 aliphatic heterocycles. The van der Waals surface area contributed by atoms with E-state index in [9.17, 15) is 0 Å². The molecule has 0 heteroatoms. The normalized spacial score (nSPS) is 11.8. The molecule has 174 valence electrons. The summed E-state index contributed by atoms with van der Waals surface area (Å²) in [5.74, 6) is 0. The van der Waals surface area contributed by atoms with E-state index in [0.717, 1.165) is 0 Å². The van der Waals surface area contributed by atoms with Crippen molar-refractivity contribution >= 4 is 43.1 Å². The van der Waals surface area contributed by atoms with Gasteiger partial charge in [0.1, 0.15) is 0 Å². The summed E-state index contributed by atoms with van der Waals surface area (Å²) in [5, 5.41) is 10.9. The van der Waals surface area contributed by atoms with Crippen molar-refractivity contribution < 1.29 is 0 Å². The second-order valence-corrected chi connectivity index (χ2v) is 10.1. The summed E-state index contributed by atoms with van der Waals surface area (Å²) in [6, 6.07) is 29.7. The van der Waals surface area contributed by atoms with Crippen molar-refractivity contribution in [2.75, 3.05) is 0 Å². The molecule has 0 amide bonds. The summed E-state index contributed by atoms with van der Waals surface area (Å²) in [4.78, 5) is 0. The molecule has 0 saturated carbocycles. The van der Waals surface area contributed by atoms with Gasteiger partial charge >= 0.3 is 0 Å². The van der Waals surface area contributed by atoms with E-state index in [0.29, 0.717) is 0 Å². The predicted molar refractivity (Wildman–Crippen MR) is 152 cm³/mol. The molecular weight excluding hydrogens is 408 g/mol. The van der Waals surface area contributed by atoms with Crippen LogP contribution in [0, 0.1) is 0 Å². The molecule has 0 fully saturated rings. The Morgan fingerprint density at radius 3 is 1.62 bits per heavy atom. The molecule has 0 unspecified atom stereocenters. The van der Waals surface area contributed by atoms with Crippen LogP contribution in [0.2, 0.25) is 0 Å². The predicted octanol–water partition coefficient (Wildman–Crippen LogP) is 10.8. The van der Waals surface area contributed by atoms with Crippen molar-refractivity contribution in [3.63, 3.8) is 0 Å². The smallest absolute Gasteiger partial charge is 0.00987 e. The minimum absolute atomic E-state index is 1.20. The van der Waals surface area contributed by atoms with Crippen LogP contribution >= 0.6 is 0 Å². The first-order valence-electron chi connectivity index (χ1n) is 13.6. The Bertz CT molecular complexity index is 1390. The molecule has 5 aromatic carbocycles. The summed E-state index contributed by atoms with van der Waals surface area (Å²) in [5.41, 5.74) is 1.48. The highest BCUT2D eigenvalue weighted by Gasteiger charge is 2.08. The van der Waals surface area contributed by atoms with Crippen LogP contribution in [0.5, 0.6) is 0 Å². The highest BCUT2D eigenvalue weighted by atomic mass is 14.1. The molecule has 0 heterocycles. The Morgan fingerprint density at radius 2 is 0.912 bits per heavy atom. The molecule has 0 nitrogen and oxygen atoms in total. The number of aryl methyl sites for hydroxylation is 1. The van der Waals surface area contributed by atoms with Crippen LogP contribution in [-0.2, 0) is 6.42 Å². The molecule has 0 aromatic heterocycles. The monoisotopic (exact) mass is 446 g/mol. The Morgan fingerprint density at radius 1 is 0.412 bits per heavy atom. The molecule has 5 aromatic rings. The van der Waals surface area contributed by atoms with Crippen LogP contribution in [0.4, 0.5) is 0 Å². The average molecular weight is 447 g/mol. The number of benzene rings is 5. The van der Waals surface area contributed by atoms with E-state index in [1.807, 2.05) is 0 Å². The standard InChI is InChI=1S/C34H38/c1-2-3-4-5-6-7-8-9-10-11-14-26-17-18-28-20-22-32-31-21-19-27-15-12-13-16-29(27)30(31)23-24-33(32)34(28)25-26/h12-13,15-25H,2-11,14H2,1H3. The maximum atomic E-state index is 2.46. The van der Waals surface area contributed by atoms with Crippen LogP contribution in [0.25, 0.3) is 43.1 Å². The van der Waals surface area contributed by atoms with Gasteiger partial charge in [0.05, 0.1) is 0 Å². The number of hydrogen-bond donors (Lipinski definition) is 0. The first kappa shape index (κ1) is 22.9. The fourth-order valence-corrected chi connectivity index (χ4v) is 5.65. The van der Waals surface area contributed by atoms with Crippen LogP contribution in [-0.4, -0.2) is 0 Å². The molecule has 0 saturated heterocycles. The van der Waals surface area contributed by atoms with Gasteiger partial charge < -0.3 is 0 Å². The molecule has 5 rings (SSSR count). The van der Waals surface area contributed by atoms with Gasteiger partial charge in [-0.1, -0.05) is 144 Å². The van der Waals surface area contributed by atoms with Crippen LogP contribution in [0.15, 0.2) is 78.9 Å². The van der Waals surface area contributed by atoms with Gasteiger partial charge in [-0.2, -0.15) is 0 Å². The minimum atomic E-state index is 1.20. The van der Waals surface area contributed by atoms with Gasteiger partial charge in [0.15, 0.2) is 0 Å². The highest BCUT2D eigenvalue weighted by molar-refractivity contribution is 6.22. The quantitative estimate of drug-likeness (QED) is 0.140. The topological polar surface area (TPSA) is 0 Å². The van der Waals surface area contributed by atoms with E-state index in [1.165, 1.54) is 119 Å². The highest BCUT2D eigenvalue weighted by Crippen LogP contribution is 2.35. The molecule has 34 heavy (non-hydrogen) atoms. The lowest BCUT2D eigenvalue weighted by molar-refractivity contribution is 0.556. The molecule has 0 aliphatic rings. The zero-order valence-corrected chi connectivity index (χ0v) is 20.8. The molecule has 0 aliphatic carbocycles. The molecule has 0 N–H and O–H groups in total. The third-order valence-corrected chi connectivity index (χ3v) is 7.62. The maximum absolute atomic E-state index is 2.46. The van der Waals surface area contributed by atoms with Crippen LogP contribution < -0.4 is 0 Å². The van der Waals surface area contributed by atoms with Crippen molar-refractivity contribution in [2.45, 2.75) is 77.6 Å². The van der Waals surface area contributed by atoms with Gasteiger partial charge in [-0.05, 0) is 61.5 Å². The van der Waals surface area contributed by atoms with Crippen molar-refractivity contribution in [1.29, 1.82) is 0 Å². The van der Waals surface area contributed by atoms with Gasteiger partial charge in [-0.3, -0.25) is 0 Å². The lowest BCUT2D eigenvalue weighted by Gasteiger charge is -2.11. The Hall–Kier alpha value is -2.86. The third kappa shape index (κ3) is 4.97. The van der Waals surface area contributed by atoms with E-state index in [4.69, 9.17) is 0 Å². The van der Waals surface area contributed by atoms with Crippen molar-refractivity contribution in [3.05, 3.63) is 84.4 Å². The van der Waals surface area contributed by atoms with Crippen molar-refractivity contribution in [2.24, 2.45) is 0 Å². The zero-order valence-electron chi connectivity index (χ0n) is 20.8. The molecule has 0 radical (unpaired) electrons. The average Bonchev–Trinajstić information content (AvgIpc) is 2.89. The van der Waals surface area contributed by atoms with Crippen LogP contribution in [0.3, 0.4) is 0 Å². The number of rotatable bonds is 11. The summed E-state index contributed by atoms with van der Waals surface area (Å²) >= 11 is 0. The van der Waals surface area contributed by atoms with E-state index >= 15 is 0 Å². The lowest BCUT2D eigenvalue weighted by Crippen LogP contribution is -1.88. The fourth-order valence-electron chi connectivity index (χ4n) is 5.65. The molecule has 0 bridgehead atoms. The molecule has 0 spiro atoms. The summed E-state index contributed by atoms with van der Waals surface area (Å²) in [6.45, 7) is 2.29. The number of fused-ring (bicyclic) bond motifs is 7. The van der Waals surface area contributed by atoms with Crippen LogP contribution in [0.1, 0.15) is 76.7 Å².